The zero-order chi connectivity index (χ0) is 12.1. The second-order valence-electron chi connectivity index (χ2n) is 3.75. The highest BCUT2D eigenvalue weighted by molar-refractivity contribution is 5.95. The molecule has 88 valence electrons. The second-order valence-corrected chi connectivity index (χ2v) is 3.75. The lowest BCUT2D eigenvalue weighted by Gasteiger charge is -2.19. The Morgan fingerprint density at radius 3 is 2.62 bits per heavy atom. The molecule has 0 saturated heterocycles. The Morgan fingerprint density at radius 2 is 2.00 bits per heavy atom. The molecule has 1 aliphatic heterocycles. The van der Waals surface area contributed by atoms with Crippen molar-refractivity contribution in [2.75, 3.05) is 11.9 Å². The number of fused-ring (bicyclic) bond motifs is 1. The number of anilines is 1. The van der Waals surface area contributed by atoms with Crippen LogP contribution in [0.5, 0.6) is 5.75 Å². The molecule has 2 rings (SSSR count). The van der Waals surface area contributed by atoms with Crippen LogP contribution in [0.4, 0.5) is 5.69 Å². The highest BCUT2D eigenvalue weighted by atomic mass is 16.5. The average molecular weight is 221 g/mol. The molecule has 3 heteroatoms. The average Bonchev–Trinajstić information content (AvgIpc) is 2.30. The van der Waals surface area contributed by atoms with Crippen molar-refractivity contribution in [2.24, 2.45) is 0 Å². The molecule has 0 aliphatic carbocycles. The molecule has 3 nitrogen and oxygen atoms in total. The Hall–Kier alpha value is -1.51. The first-order valence-corrected chi connectivity index (χ1v) is 5.73. The van der Waals surface area contributed by atoms with Crippen molar-refractivity contribution in [3.63, 3.8) is 0 Å². The predicted molar refractivity (Wildman–Crippen MR) is 66.0 cm³/mol. The minimum atomic E-state index is -0.0848. The van der Waals surface area contributed by atoms with Crippen molar-refractivity contribution in [1.29, 1.82) is 0 Å². The highest BCUT2D eigenvalue weighted by Gasteiger charge is 2.16. The van der Waals surface area contributed by atoms with Crippen LogP contribution in [0.2, 0.25) is 0 Å². The summed E-state index contributed by atoms with van der Waals surface area (Å²) in [5.41, 5.74) is 1.99. The Labute approximate surface area is 96.8 Å². The summed E-state index contributed by atoms with van der Waals surface area (Å²) in [7, 11) is 0. The van der Waals surface area contributed by atoms with Gasteiger partial charge in [0.1, 0.15) is 5.75 Å². The monoisotopic (exact) mass is 221 g/mol. The number of benzene rings is 1. The van der Waals surface area contributed by atoms with E-state index in [4.69, 9.17) is 4.74 Å². The van der Waals surface area contributed by atoms with Crippen LogP contribution in [-0.4, -0.2) is 12.5 Å². The third-order valence-corrected chi connectivity index (χ3v) is 2.30. The van der Waals surface area contributed by atoms with Crippen molar-refractivity contribution in [2.45, 2.75) is 33.6 Å². The molecule has 1 heterocycles. The van der Waals surface area contributed by atoms with Crippen molar-refractivity contribution in [3.8, 4) is 5.75 Å². The quantitative estimate of drug-likeness (QED) is 0.791. The first-order valence-electron chi connectivity index (χ1n) is 5.73. The Bertz CT molecular complexity index is 372. The van der Waals surface area contributed by atoms with Crippen LogP contribution < -0.4 is 10.1 Å². The molecule has 0 unspecified atom stereocenters. The largest absolute Gasteiger partial charge is 0.482 e. The van der Waals surface area contributed by atoms with Gasteiger partial charge in [-0.25, -0.2) is 0 Å². The summed E-state index contributed by atoms with van der Waals surface area (Å²) in [6.07, 6.45) is 0. The zero-order valence-corrected chi connectivity index (χ0v) is 10.3. The normalized spacial score (nSPS) is 13.2. The fourth-order valence-corrected chi connectivity index (χ4v) is 1.46. The molecular formula is C13H19NO2. The van der Waals surface area contributed by atoms with Gasteiger partial charge in [0.2, 0.25) is 0 Å². The fraction of sp³-hybridized carbons (Fsp3) is 0.462. The van der Waals surface area contributed by atoms with E-state index in [1.807, 2.05) is 32.0 Å². The second kappa shape index (κ2) is 5.54. The molecular weight excluding hydrogens is 202 g/mol. The predicted octanol–water partition coefficient (Wildman–Crippen LogP) is 3.17. The molecule has 0 radical (unpaired) electrons. The lowest BCUT2D eigenvalue weighted by atomic mass is 10.0. The number of hydrogen-bond acceptors (Lipinski definition) is 2. The van der Waals surface area contributed by atoms with Crippen LogP contribution in [-0.2, 0) is 4.79 Å². The molecule has 1 aromatic rings. The van der Waals surface area contributed by atoms with Crippen LogP contribution >= 0.6 is 0 Å². The number of rotatable bonds is 1. The van der Waals surface area contributed by atoms with Crippen molar-refractivity contribution in [3.05, 3.63) is 23.8 Å². The van der Waals surface area contributed by atoms with E-state index >= 15 is 0 Å². The topological polar surface area (TPSA) is 38.3 Å². The van der Waals surface area contributed by atoms with Gasteiger partial charge in [-0.3, -0.25) is 4.79 Å². The van der Waals surface area contributed by atoms with Gasteiger partial charge >= 0.3 is 0 Å². The Balaban J connectivity index is 0.000000606. The van der Waals surface area contributed by atoms with Gasteiger partial charge in [-0.1, -0.05) is 33.8 Å². The first-order chi connectivity index (χ1) is 7.66. The van der Waals surface area contributed by atoms with Gasteiger partial charge in [-0.2, -0.15) is 0 Å². The maximum Gasteiger partial charge on any atom is 0.262 e. The van der Waals surface area contributed by atoms with Gasteiger partial charge in [0.15, 0.2) is 6.61 Å². The van der Waals surface area contributed by atoms with E-state index < -0.39 is 0 Å². The summed E-state index contributed by atoms with van der Waals surface area (Å²) in [6, 6.07) is 5.90. The molecule has 0 aromatic heterocycles. The minimum Gasteiger partial charge on any atom is -0.482 e. The SMILES string of the molecule is CC.CC(C)c1ccc2c(c1)NC(=O)CO2. The summed E-state index contributed by atoms with van der Waals surface area (Å²) in [5, 5.41) is 2.79. The van der Waals surface area contributed by atoms with E-state index in [9.17, 15) is 4.79 Å². The molecule has 1 aromatic carbocycles. The van der Waals surface area contributed by atoms with Gasteiger partial charge in [0, 0.05) is 0 Å². The lowest BCUT2D eigenvalue weighted by molar-refractivity contribution is -0.118. The van der Waals surface area contributed by atoms with E-state index in [2.05, 4.69) is 19.2 Å². The van der Waals surface area contributed by atoms with Gasteiger partial charge in [-0.15, -0.1) is 0 Å². The maximum absolute atomic E-state index is 11.1. The van der Waals surface area contributed by atoms with Gasteiger partial charge in [0.05, 0.1) is 5.69 Å². The van der Waals surface area contributed by atoms with Crippen LogP contribution in [0.1, 0.15) is 39.2 Å². The van der Waals surface area contributed by atoms with Crippen molar-refractivity contribution < 1.29 is 9.53 Å². The number of amides is 1. The molecule has 0 spiro atoms. The number of hydrogen-bond donors (Lipinski definition) is 1. The molecule has 0 atom stereocenters. The zero-order valence-electron chi connectivity index (χ0n) is 10.3. The molecule has 1 N–H and O–H groups in total. The summed E-state index contributed by atoms with van der Waals surface area (Å²) in [5.74, 6) is 1.13. The van der Waals surface area contributed by atoms with E-state index in [0.29, 0.717) is 5.92 Å². The molecule has 16 heavy (non-hydrogen) atoms. The van der Waals surface area contributed by atoms with Crippen LogP contribution in [0, 0.1) is 0 Å². The third kappa shape index (κ3) is 2.75. The van der Waals surface area contributed by atoms with E-state index in [1.54, 1.807) is 0 Å². The molecule has 0 bridgehead atoms. The number of ether oxygens (including phenoxy) is 1. The van der Waals surface area contributed by atoms with E-state index in [-0.39, 0.29) is 12.5 Å². The molecule has 0 fully saturated rings. The molecule has 1 aliphatic rings. The number of carbonyl (C=O) groups is 1. The summed E-state index contributed by atoms with van der Waals surface area (Å²) >= 11 is 0. The van der Waals surface area contributed by atoms with Gasteiger partial charge in [-0.05, 0) is 23.6 Å². The molecule has 0 saturated carbocycles. The molecule has 1 amide bonds. The van der Waals surface area contributed by atoms with Gasteiger partial charge < -0.3 is 10.1 Å². The standard InChI is InChI=1S/C11H13NO2.C2H6/c1-7(2)8-3-4-10-9(5-8)12-11(13)6-14-10;1-2/h3-5,7H,6H2,1-2H3,(H,12,13);1-2H3. The van der Waals surface area contributed by atoms with Crippen LogP contribution in [0.3, 0.4) is 0 Å². The summed E-state index contributed by atoms with van der Waals surface area (Å²) in [6.45, 7) is 8.36. The summed E-state index contributed by atoms with van der Waals surface area (Å²) < 4.78 is 5.26. The minimum absolute atomic E-state index is 0.0848. The maximum atomic E-state index is 11.1. The number of nitrogens with one attached hydrogen (secondary N) is 1. The Morgan fingerprint density at radius 1 is 1.31 bits per heavy atom. The smallest absolute Gasteiger partial charge is 0.262 e. The van der Waals surface area contributed by atoms with Gasteiger partial charge in [0.25, 0.3) is 5.91 Å². The van der Waals surface area contributed by atoms with E-state index in [1.165, 1.54) is 5.56 Å². The van der Waals surface area contributed by atoms with Crippen molar-refractivity contribution in [1.82, 2.24) is 0 Å². The third-order valence-electron chi connectivity index (χ3n) is 2.30. The van der Waals surface area contributed by atoms with E-state index in [0.717, 1.165) is 11.4 Å². The summed E-state index contributed by atoms with van der Waals surface area (Å²) in [4.78, 5) is 11.1. The lowest BCUT2D eigenvalue weighted by Crippen LogP contribution is -2.25. The van der Waals surface area contributed by atoms with Crippen LogP contribution in [0.25, 0.3) is 0 Å². The first kappa shape index (κ1) is 12.6. The van der Waals surface area contributed by atoms with Crippen LogP contribution in [0.15, 0.2) is 18.2 Å². The highest BCUT2D eigenvalue weighted by Crippen LogP contribution is 2.30. The Kier molecular flexibility index (Phi) is 4.35. The fourth-order valence-electron chi connectivity index (χ4n) is 1.46. The number of carbonyl (C=O) groups excluding carboxylic acids is 1. The van der Waals surface area contributed by atoms with Crippen molar-refractivity contribution >= 4 is 11.6 Å².